The minimum absolute atomic E-state index is 0. The van der Waals surface area contributed by atoms with Gasteiger partial charge in [-0.25, -0.2) is 9.79 Å². The predicted octanol–water partition coefficient (Wildman–Crippen LogP) is 16.4. The van der Waals surface area contributed by atoms with E-state index < -0.39 is 38.4 Å². The van der Waals surface area contributed by atoms with Gasteiger partial charge in [0.05, 0.1) is 10.8 Å². The zero-order valence-electron chi connectivity index (χ0n) is 32.7. The zero-order valence-corrected chi connectivity index (χ0v) is 46.9. The van der Waals surface area contributed by atoms with Crippen molar-refractivity contribution in [2.45, 2.75) is 172 Å². The fourth-order valence-electron chi connectivity index (χ4n) is 2.07. The largest absolute Gasteiger partial charge is 0.330 e. The van der Waals surface area contributed by atoms with Crippen LogP contribution in [0.25, 0.3) is 0 Å². The molecule has 0 saturated carbocycles. The lowest BCUT2D eigenvalue weighted by Crippen LogP contribution is -2.20. The minimum atomic E-state index is -1.72. The van der Waals surface area contributed by atoms with E-state index in [4.69, 9.17) is 63.9 Å². The van der Waals surface area contributed by atoms with E-state index in [2.05, 4.69) is 115 Å². The minimum Gasteiger partial charge on any atom is -0.330 e. The number of isocyanates is 1. The van der Waals surface area contributed by atoms with E-state index in [1.807, 2.05) is 29.1 Å². The van der Waals surface area contributed by atoms with Gasteiger partial charge in [0.25, 0.3) is 0 Å². The molecule has 0 radical (unpaired) electrons. The van der Waals surface area contributed by atoms with Gasteiger partial charge in [0.1, 0.15) is 0 Å². The standard InChI is InChI=1S/C7H15NOSi.C7H18Si.C6H17NSi.C3H10Si.C2H3IS.CH4Cl2Si.CHIS.4CH4.Cl3HSi/c1-10(2,3)6-4-5-8-7-9;1-5-6-7-8(2,3)4;1-8(2,3)6-4-5-7;1-4(2)3;1-2(3)4;1-4(2)3;2-1-3;;;;;1-4(2)3/h4-6H2,1-3H3;5-7H2,1-4H3;4-7H2,1-3H3;4H,1-3H3;1H3;4H,1H3;1H;4*1H4;4H/i;;;;1D;;1T;;;;;. The van der Waals surface area contributed by atoms with Gasteiger partial charge in [-0.1, -0.05) is 171 Å². The smallest absolute Gasteiger partial charge is 0.326 e. The van der Waals surface area contributed by atoms with E-state index >= 15 is 0 Å². The number of unbranched alkanes of at least 4 members (excludes halogenated alkanes) is 1. The molecule has 0 fully saturated rings. The fraction of sp³-hybridized carbons (Fsp3) is 0.903. The molecule has 310 valence electrons. The van der Waals surface area contributed by atoms with Crippen molar-refractivity contribution in [2.24, 2.45) is 10.7 Å². The third-order valence-corrected chi connectivity index (χ3v) is 9.23. The van der Waals surface area contributed by atoms with E-state index in [-0.39, 0.29) is 48.8 Å². The highest BCUT2D eigenvalue weighted by atomic mass is 127. The van der Waals surface area contributed by atoms with Crippen LogP contribution < -0.4 is 5.73 Å². The first-order valence-electron chi connectivity index (χ1n) is 16.2. The maximum absolute atomic E-state index is 9.65. The van der Waals surface area contributed by atoms with Crippen LogP contribution in [-0.4, -0.2) is 72.6 Å². The van der Waals surface area contributed by atoms with Crippen molar-refractivity contribution in [1.82, 2.24) is 0 Å². The summed E-state index contributed by atoms with van der Waals surface area (Å²) in [4.78, 5) is 13.1. The quantitative estimate of drug-likeness (QED) is 0.0346. The summed E-state index contributed by atoms with van der Waals surface area (Å²) in [5.74, 6) is 0. The number of thiocarbonyl (C=S) groups is 2. The summed E-state index contributed by atoms with van der Waals surface area (Å²) >= 11 is 37.6. The monoisotopic (exact) mass is 1170 g/mol. The van der Waals surface area contributed by atoms with Crippen molar-refractivity contribution in [1.29, 1.82) is 0 Å². The van der Waals surface area contributed by atoms with Crippen LogP contribution in [0.1, 0.15) is 72.0 Å². The first kappa shape index (κ1) is 77.3. The summed E-state index contributed by atoms with van der Waals surface area (Å²) in [5, 5.41) is 0. The Morgan fingerprint density at radius 1 is 0.857 bits per heavy atom. The molecule has 0 aliphatic heterocycles. The second-order valence-electron chi connectivity index (χ2n) is 13.7. The highest BCUT2D eigenvalue weighted by Crippen LogP contribution is 2.12. The number of hydrogen-bond acceptors (Lipinski definition) is 5. The number of hydrogen-bond donors (Lipinski definition) is 1. The summed E-state index contributed by atoms with van der Waals surface area (Å²) in [6.45, 7) is 32.5. The topological polar surface area (TPSA) is 55.4 Å². The van der Waals surface area contributed by atoms with Gasteiger partial charge >= 0.3 is 6.73 Å². The van der Waals surface area contributed by atoms with Crippen LogP contribution >= 0.6 is 125 Å². The van der Waals surface area contributed by atoms with E-state index in [0.717, 1.165) is 15.8 Å². The van der Waals surface area contributed by atoms with Crippen molar-refractivity contribution >= 4 is 184 Å². The summed E-state index contributed by atoms with van der Waals surface area (Å²) in [5.41, 5.74) is 5.36. The van der Waals surface area contributed by atoms with Crippen LogP contribution in [0.15, 0.2) is 4.99 Å². The molecule has 0 saturated heterocycles. The molecule has 0 aromatic heterocycles. The van der Waals surface area contributed by atoms with Gasteiger partial charge in [0.15, 0.2) is 0 Å². The Bertz CT molecular complexity index is 668. The molecule has 0 aromatic rings. The van der Waals surface area contributed by atoms with E-state index in [1.54, 1.807) is 28.7 Å². The van der Waals surface area contributed by atoms with E-state index in [9.17, 15) is 4.79 Å². The average Bonchev–Trinajstić information content (AvgIpc) is 2.82. The maximum atomic E-state index is 9.65. The molecule has 18 heteroatoms. The first-order valence-corrected chi connectivity index (χ1v) is 42.4. The van der Waals surface area contributed by atoms with Gasteiger partial charge in [-0.2, -0.15) is 22.2 Å². The Morgan fingerprint density at radius 3 is 1.20 bits per heavy atom. The molecule has 49 heavy (non-hydrogen) atoms. The van der Waals surface area contributed by atoms with Crippen LogP contribution in [0.4, 0.5) is 0 Å². The lowest BCUT2D eigenvalue weighted by molar-refractivity contribution is 0.562. The Labute approximate surface area is 383 Å². The lowest BCUT2D eigenvalue weighted by Gasteiger charge is -2.13. The second-order valence-corrected chi connectivity index (χ2v) is 50.1. The number of halogens is 7. The maximum Gasteiger partial charge on any atom is 0.326 e. The van der Waals surface area contributed by atoms with Crippen molar-refractivity contribution in [3.8, 4) is 0 Å². The first-order chi connectivity index (χ1) is 20.9. The molecule has 0 aliphatic rings. The van der Waals surface area contributed by atoms with Crippen molar-refractivity contribution in [3.63, 3.8) is 0 Å². The zero-order chi connectivity index (χ0) is 39.9. The number of nitrogens with two attached hydrogens (primary N) is 1. The van der Waals surface area contributed by atoms with Gasteiger partial charge in [0.2, 0.25) is 13.5 Å². The molecular weight excluding hydrogens is 1080 g/mol. The molecule has 0 atom stereocenters. The van der Waals surface area contributed by atoms with Crippen LogP contribution in [0, 0.1) is 0 Å². The highest BCUT2D eigenvalue weighted by Gasteiger charge is 2.11. The van der Waals surface area contributed by atoms with Gasteiger partial charge in [-0.3, -0.25) is 0 Å². The third kappa shape index (κ3) is 298. The molecule has 0 aliphatic carbocycles. The molecule has 3 nitrogen and oxygen atoms in total. The predicted molar refractivity (Wildman–Crippen MR) is 292 cm³/mol. The summed E-state index contributed by atoms with van der Waals surface area (Å²) in [6.07, 6.45) is 6.61. The highest BCUT2D eigenvalue weighted by molar-refractivity contribution is 14.1. The molecule has 0 heterocycles. The normalized spacial score (nSPS) is 9.65. The van der Waals surface area contributed by atoms with Crippen LogP contribution in [-0.2, 0) is 4.79 Å². The van der Waals surface area contributed by atoms with E-state index in [0.29, 0.717) is 6.54 Å². The van der Waals surface area contributed by atoms with Crippen molar-refractivity contribution in [3.05, 3.63) is 0 Å². The SMILES string of the molecule is C.C.C.C.CCCC[Si](C)(C)C.C[SiH](C)C.C[SiH](Cl)Cl.C[Si](C)(C)CCCN.C[Si](C)(C)CCCN=C=O.Cl[SiH](Cl)Cl.[2H]CC(=S)I.[3H]C(=S)I. The number of rotatable bonds is 10. The molecule has 2 N–H and O–H groups in total. The van der Waals surface area contributed by atoms with Crippen LogP contribution in [0.5, 0.6) is 0 Å². The summed E-state index contributed by atoms with van der Waals surface area (Å²) < 4.78 is 13.8. The Balaban J connectivity index is -0.0000000346. The molecule has 0 amide bonds. The average molecular weight is 1170 g/mol. The third-order valence-electron chi connectivity index (χ3n) is 3.67. The number of nitrogens with zero attached hydrogens (tertiary/aromatic N) is 1. The van der Waals surface area contributed by atoms with Gasteiger partial charge < -0.3 is 5.73 Å². The van der Waals surface area contributed by atoms with Crippen molar-refractivity contribution < 1.29 is 7.54 Å². The van der Waals surface area contributed by atoms with Gasteiger partial charge in [-0.05, 0) is 78.0 Å². The van der Waals surface area contributed by atoms with Gasteiger partial charge in [0, 0.05) is 37.7 Å². The number of carbonyl (C=O) groups excluding carboxylic acids is 1. The van der Waals surface area contributed by atoms with Crippen LogP contribution in [0.3, 0.4) is 0 Å². The Kier molecular flexibility index (Phi) is 100. The summed E-state index contributed by atoms with van der Waals surface area (Å²) in [6, 6.07) is 4.13. The molecule has 0 bridgehead atoms. The Morgan fingerprint density at radius 2 is 1.08 bits per heavy atom. The van der Waals surface area contributed by atoms with Crippen LogP contribution in [0.2, 0.25) is 103 Å². The molecule has 0 unspecified atom stereocenters. The van der Waals surface area contributed by atoms with Crippen molar-refractivity contribution in [2.75, 3.05) is 13.1 Å². The van der Waals surface area contributed by atoms with E-state index in [1.165, 1.54) is 37.4 Å². The molecule has 0 aromatic carbocycles. The second kappa shape index (κ2) is 63.7. The summed E-state index contributed by atoms with van der Waals surface area (Å²) in [7, 11) is -3.67. The Hall–Kier alpha value is 3.73. The van der Waals surface area contributed by atoms with Gasteiger partial charge in [-0.15, -0.1) is 33.2 Å². The molecule has 0 spiro atoms. The fourth-order valence-corrected chi connectivity index (χ4v) is 5.97. The lowest BCUT2D eigenvalue weighted by atomic mass is 10.4. The molecule has 0 rings (SSSR count). The molecular formula is C31H85Cl5I2N2OS2Si6. The number of aliphatic imine (C=N–C) groups is 1.